The fourth-order valence-corrected chi connectivity index (χ4v) is 3.97. The molecule has 0 bridgehead atoms. The molecule has 1 aliphatic heterocycles. The van der Waals surface area contributed by atoms with Gasteiger partial charge >= 0.3 is 24.3 Å². The molecule has 1 fully saturated rings. The summed E-state index contributed by atoms with van der Waals surface area (Å²) >= 11 is 0. The Bertz CT molecular complexity index is 1430. The second kappa shape index (κ2) is 14.8. The Balaban J connectivity index is 0.000000402. The fourth-order valence-electron chi connectivity index (χ4n) is 3.97. The van der Waals surface area contributed by atoms with Gasteiger partial charge in [0.15, 0.2) is 12.4 Å². The molecule has 2 aromatic carbocycles. The van der Waals surface area contributed by atoms with Gasteiger partial charge in [-0.15, -0.1) is 0 Å². The smallest absolute Gasteiger partial charge is 0.490 e. The third-order valence-electron chi connectivity index (χ3n) is 6.20. The van der Waals surface area contributed by atoms with Crippen molar-refractivity contribution in [3.05, 3.63) is 95.0 Å². The first-order valence-corrected chi connectivity index (χ1v) is 12.5. The lowest BCUT2D eigenvalue weighted by atomic mass is 9.88. The zero-order chi connectivity index (χ0) is 33.2. The molecule has 10 nitrogen and oxygen atoms in total. The molecule has 4 rings (SSSR count). The maximum Gasteiger partial charge on any atom is 0.490 e. The quantitative estimate of drug-likeness (QED) is 0.108. The van der Waals surface area contributed by atoms with Crippen molar-refractivity contribution in [2.45, 2.75) is 31.1 Å². The first kappa shape index (κ1) is 35.0. The monoisotopic (exact) mass is 628 g/mol. The molecule has 5 N–H and O–H groups in total. The normalized spacial score (nSPS) is 13.5. The van der Waals surface area contributed by atoms with Crippen LogP contribution in [0.25, 0.3) is 11.1 Å². The number of hydrogen-bond donors (Lipinski definition) is 4. The number of carboxylic acids is 2. The third kappa shape index (κ3) is 10.6. The molecular formula is C28H26F6N4O6. The number of halogens is 6. The van der Waals surface area contributed by atoms with Gasteiger partial charge in [0.25, 0.3) is 5.91 Å². The Kier molecular flexibility index (Phi) is 11.8. The van der Waals surface area contributed by atoms with Gasteiger partial charge in [-0.3, -0.25) is 10.2 Å². The van der Waals surface area contributed by atoms with E-state index < -0.39 is 24.3 Å². The Hall–Kier alpha value is -5.15. The highest BCUT2D eigenvalue weighted by Gasteiger charge is 2.38. The van der Waals surface area contributed by atoms with E-state index in [0.717, 1.165) is 34.3 Å². The summed E-state index contributed by atoms with van der Waals surface area (Å²) in [7, 11) is 0. The maximum atomic E-state index is 12.9. The lowest BCUT2D eigenvalue weighted by Gasteiger charge is -2.32. The van der Waals surface area contributed by atoms with Gasteiger partial charge in [0.1, 0.15) is 5.84 Å². The van der Waals surface area contributed by atoms with Gasteiger partial charge in [0, 0.05) is 36.3 Å². The van der Waals surface area contributed by atoms with E-state index in [9.17, 15) is 36.3 Å². The van der Waals surface area contributed by atoms with E-state index in [1.165, 1.54) is 18.0 Å². The second-order valence-corrected chi connectivity index (χ2v) is 9.24. The molecule has 44 heavy (non-hydrogen) atoms. The molecule has 2 heterocycles. The summed E-state index contributed by atoms with van der Waals surface area (Å²) in [6, 6.07) is 18.9. The number of benzene rings is 2. The highest BCUT2D eigenvalue weighted by atomic mass is 19.4. The summed E-state index contributed by atoms with van der Waals surface area (Å²) < 4.78 is 64.2. The van der Waals surface area contributed by atoms with E-state index in [1.807, 2.05) is 47.4 Å². The van der Waals surface area contributed by atoms with Gasteiger partial charge in [0.2, 0.25) is 0 Å². The number of nitrogens with zero attached hydrogens (tertiary/aromatic N) is 2. The van der Waals surface area contributed by atoms with Crippen LogP contribution in [-0.4, -0.2) is 64.2 Å². The number of piperidine rings is 1. The van der Waals surface area contributed by atoms with Crippen molar-refractivity contribution in [3.8, 4) is 11.1 Å². The van der Waals surface area contributed by atoms with Crippen LogP contribution in [0, 0.1) is 10.6 Å². The van der Waals surface area contributed by atoms with Crippen molar-refractivity contribution < 1.29 is 55.7 Å². The molecule has 1 saturated heterocycles. The Morgan fingerprint density at radius 3 is 1.70 bits per heavy atom. The molecule has 1 amide bonds. The molecule has 16 heteroatoms. The average molecular weight is 629 g/mol. The van der Waals surface area contributed by atoms with Crippen LogP contribution in [0.4, 0.5) is 26.3 Å². The zero-order valence-electron chi connectivity index (χ0n) is 22.6. The number of nitrogens with one attached hydrogen (secondary N) is 1. The standard InChI is InChI=1S/C24H24N4O2.2C2HF3O2/c25-23(26)22-3-1-2-21(16-22)19-8-12-27(13-9-19)24(29)20-6-4-17(5-7-20)18-10-14-28(30)15-11-18;2*3-2(4,5)1(6)7/h1-7,10-11,14-16,19H,8-9,12-13H2,(H3,25,26);2*(H,6,7). The molecule has 3 aromatic rings. The lowest BCUT2D eigenvalue weighted by molar-refractivity contribution is -0.605. The van der Waals surface area contributed by atoms with E-state index in [4.69, 9.17) is 30.9 Å². The van der Waals surface area contributed by atoms with Crippen LogP contribution in [0.3, 0.4) is 0 Å². The topological polar surface area (TPSA) is 172 Å². The third-order valence-corrected chi connectivity index (χ3v) is 6.20. The van der Waals surface area contributed by atoms with Gasteiger partial charge in [0.05, 0.1) is 0 Å². The lowest BCUT2D eigenvalue weighted by Crippen LogP contribution is -2.37. The average Bonchev–Trinajstić information content (AvgIpc) is 2.97. The van der Waals surface area contributed by atoms with Crippen LogP contribution >= 0.6 is 0 Å². The number of carbonyl (C=O) groups excluding carboxylic acids is 1. The Morgan fingerprint density at radius 2 is 1.27 bits per heavy atom. The van der Waals surface area contributed by atoms with Crippen LogP contribution in [0.2, 0.25) is 0 Å². The molecule has 0 radical (unpaired) electrons. The van der Waals surface area contributed by atoms with E-state index in [2.05, 4.69) is 6.07 Å². The molecule has 236 valence electrons. The number of nitrogen functional groups attached to an aromatic ring is 1. The van der Waals surface area contributed by atoms with Gasteiger partial charge in [-0.25, -0.2) is 9.59 Å². The summed E-state index contributed by atoms with van der Waals surface area (Å²) in [6.45, 7) is 1.41. The molecule has 0 atom stereocenters. The zero-order valence-corrected chi connectivity index (χ0v) is 22.6. The van der Waals surface area contributed by atoms with Crippen molar-refractivity contribution in [1.82, 2.24) is 4.90 Å². The number of likely N-dealkylation sites (tertiary alicyclic amines) is 1. The Morgan fingerprint density at radius 1 is 0.818 bits per heavy atom. The van der Waals surface area contributed by atoms with Gasteiger partial charge in [-0.2, -0.15) is 31.1 Å². The summed E-state index contributed by atoms with van der Waals surface area (Å²) in [4.78, 5) is 32.6. The van der Waals surface area contributed by atoms with Crippen LogP contribution in [0.15, 0.2) is 73.1 Å². The molecule has 1 aromatic heterocycles. The first-order chi connectivity index (χ1) is 20.4. The van der Waals surface area contributed by atoms with Gasteiger partial charge < -0.3 is 26.1 Å². The molecule has 0 saturated carbocycles. The van der Waals surface area contributed by atoms with Crippen LogP contribution in [-0.2, 0) is 9.59 Å². The molecule has 0 unspecified atom stereocenters. The van der Waals surface area contributed by atoms with E-state index in [-0.39, 0.29) is 11.7 Å². The minimum absolute atomic E-state index is 0.0444. The number of carboxylic acid groups (broad SMARTS) is 2. The minimum Gasteiger partial charge on any atom is -0.619 e. The SMILES string of the molecule is N=C(N)c1cccc(C2CCN(C(=O)c3ccc(-c4cc[n+]([O-])cc4)cc3)CC2)c1.O=C(O)C(F)(F)F.O=C(O)C(F)(F)F. The van der Waals surface area contributed by atoms with Gasteiger partial charge in [-0.1, -0.05) is 30.3 Å². The number of amidine groups is 1. The number of rotatable bonds is 4. The largest absolute Gasteiger partial charge is 0.619 e. The number of pyridine rings is 1. The van der Waals surface area contributed by atoms with Crippen molar-refractivity contribution in [3.63, 3.8) is 0 Å². The Labute approximate surface area is 246 Å². The molecule has 0 aliphatic carbocycles. The number of aromatic nitrogens is 1. The number of nitrogens with two attached hydrogens (primary N) is 1. The minimum atomic E-state index is -5.08. The van der Waals surface area contributed by atoms with E-state index in [1.54, 1.807) is 12.1 Å². The fraction of sp³-hybridized carbons (Fsp3) is 0.250. The summed E-state index contributed by atoms with van der Waals surface area (Å²) in [5, 5.41) is 33.1. The predicted octanol–water partition coefficient (Wildman–Crippen LogP) is 4.56. The van der Waals surface area contributed by atoms with Crippen LogP contribution < -0.4 is 10.5 Å². The summed E-state index contributed by atoms with van der Waals surface area (Å²) in [6.07, 6.45) is -5.45. The van der Waals surface area contributed by atoms with E-state index >= 15 is 0 Å². The number of amides is 1. The molecular weight excluding hydrogens is 602 g/mol. The predicted molar refractivity (Wildman–Crippen MR) is 144 cm³/mol. The second-order valence-electron chi connectivity index (χ2n) is 9.24. The number of hydrogen-bond acceptors (Lipinski definition) is 5. The van der Waals surface area contributed by atoms with Crippen molar-refractivity contribution in [2.24, 2.45) is 5.73 Å². The van der Waals surface area contributed by atoms with Crippen LogP contribution in [0.5, 0.6) is 0 Å². The van der Waals surface area contributed by atoms with Crippen LogP contribution in [0.1, 0.15) is 40.2 Å². The number of aliphatic carboxylic acids is 2. The number of alkyl halides is 6. The van der Waals surface area contributed by atoms with Crippen molar-refractivity contribution in [1.29, 1.82) is 5.41 Å². The number of carbonyl (C=O) groups is 3. The van der Waals surface area contributed by atoms with Crippen molar-refractivity contribution >= 4 is 23.7 Å². The molecule has 0 spiro atoms. The van der Waals surface area contributed by atoms with Crippen molar-refractivity contribution in [2.75, 3.05) is 13.1 Å². The highest BCUT2D eigenvalue weighted by Crippen LogP contribution is 2.29. The summed E-state index contributed by atoms with van der Waals surface area (Å²) in [5.74, 6) is -5.02. The molecule has 1 aliphatic rings. The maximum absolute atomic E-state index is 12.9. The summed E-state index contributed by atoms with van der Waals surface area (Å²) in [5.41, 5.74) is 10.1. The van der Waals surface area contributed by atoms with E-state index in [0.29, 0.717) is 24.6 Å². The first-order valence-electron chi connectivity index (χ1n) is 12.5. The highest BCUT2D eigenvalue weighted by molar-refractivity contribution is 5.95. The van der Waals surface area contributed by atoms with Gasteiger partial charge in [-0.05, 0) is 53.6 Å².